The molecule has 6 nitrogen and oxygen atoms in total. The van der Waals surface area contributed by atoms with Crippen LogP contribution < -0.4 is 0 Å². The van der Waals surface area contributed by atoms with Crippen LogP contribution in [0.25, 0.3) is 0 Å². The van der Waals surface area contributed by atoms with E-state index in [1.54, 1.807) is 11.8 Å². The van der Waals surface area contributed by atoms with Gasteiger partial charge in [0.2, 0.25) is 0 Å². The summed E-state index contributed by atoms with van der Waals surface area (Å²) < 4.78 is 20.9. The highest BCUT2D eigenvalue weighted by atomic mass is 32.2. The van der Waals surface area contributed by atoms with E-state index in [0.717, 1.165) is 12.8 Å². The van der Waals surface area contributed by atoms with Crippen molar-refractivity contribution in [3.05, 3.63) is 0 Å². The molecule has 0 aromatic carbocycles. The van der Waals surface area contributed by atoms with Crippen molar-refractivity contribution < 1.29 is 28.5 Å². The smallest absolute Gasteiger partial charge is 0.306 e. The molecule has 4 atom stereocenters. The van der Waals surface area contributed by atoms with Crippen LogP contribution in [0.5, 0.6) is 0 Å². The lowest BCUT2D eigenvalue weighted by Gasteiger charge is -2.04. The van der Waals surface area contributed by atoms with Gasteiger partial charge in [-0.3, -0.25) is 9.59 Å². The minimum atomic E-state index is -0.207. The number of carbonyl (C=O) groups excluding carboxylic acids is 2. The van der Waals surface area contributed by atoms with Crippen molar-refractivity contribution >= 4 is 23.7 Å². The number of epoxide rings is 2. The lowest BCUT2D eigenvalue weighted by molar-refractivity contribution is -0.144. The van der Waals surface area contributed by atoms with Crippen LogP contribution in [-0.4, -0.2) is 61.1 Å². The second-order valence-electron chi connectivity index (χ2n) is 5.72. The molecule has 0 radical (unpaired) electrons. The van der Waals surface area contributed by atoms with E-state index in [1.807, 2.05) is 13.8 Å². The van der Waals surface area contributed by atoms with Gasteiger partial charge in [0, 0.05) is 11.5 Å². The fraction of sp³-hybridized carbons (Fsp3) is 0.875. The Kier molecular flexibility index (Phi) is 7.65. The summed E-state index contributed by atoms with van der Waals surface area (Å²) in [6.45, 7) is 4.81. The maximum absolute atomic E-state index is 11.5. The van der Waals surface area contributed by atoms with Crippen LogP contribution in [0.3, 0.4) is 0 Å². The lowest BCUT2D eigenvalue weighted by atomic mass is 10.3. The van der Waals surface area contributed by atoms with Gasteiger partial charge in [0.1, 0.15) is 25.4 Å². The molecule has 0 aliphatic carbocycles. The molecule has 2 heterocycles. The lowest BCUT2D eigenvalue weighted by Crippen LogP contribution is -2.13. The first kappa shape index (κ1) is 18.5. The Labute approximate surface area is 141 Å². The van der Waals surface area contributed by atoms with Crippen molar-refractivity contribution in [3.8, 4) is 0 Å². The molecule has 4 unspecified atom stereocenters. The van der Waals surface area contributed by atoms with E-state index in [0.29, 0.717) is 37.6 Å². The normalized spacial score (nSPS) is 28.3. The second kappa shape index (κ2) is 9.49. The van der Waals surface area contributed by atoms with Crippen LogP contribution >= 0.6 is 11.8 Å². The van der Waals surface area contributed by atoms with Gasteiger partial charge in [0.25, 0.3) is 0 Å². The summed E-state index contributed by atoms with van der Waals surface area (Å²) in [7, 11) is 0. The maximum atomic E-state index is 11.5. The topological polar surface area (TPSA) is 77.7 Å². The molecule has 0 N–H and O–H groups in total. The van der Waals surface area contributed by atoms with Crippen molar-refractivity contribution in [2.45, 2.75) is 63.9 Å². The molecule has 2 aliphatic rings. The van der Waals surface area contributed by atoms with E-state index in [2.05, 4.69) is 0 Å². The fourth-order valence-electron chi connectivity index (χ4n) is 2.28. The van der Waals surface area contributed by atoms with Crippen molar-refractivity contribution in [3.63, 3.8) is 0 Å². The second-order valence-corrected chi connectivity index (χ2v) is 6.95. The zero-order valence-corrected chi connectivity index (χ0v) is 14.6. The van der Waals surface area contributed by atoms with Crippen LogP contribution in [0.2, 0.25) is 0 Å². The molecule has 0 aromatic heterocycles. The number of ether oxygens (including phenoxy) is 4. The number of rotatable bonds is 12. The van der Waals surface area contributed by atoms with Crippen LogP contribution in [0, 0.1) is 0 Å². The molecule has 0 aromatic rings. The highest BCUT2D eigenvalue weighted by Gasteiger charge is 2.38. The van der Waals surface area contributed by atoms with Gasteiger partial charge >= 0.3 is 11.9 Å². The van der Waals surface area contributed by atoms with E-state index < -0.39 is 0 Å². The highest BCUT2D eigenvalue weighted by Crippen LogP contribution is 2.25. The van der Waals surface area contributed by atoms with Gasteiger partial charge in [-0.05, 0) is 12.8 Å². The SMILES string of the molecule is CCC1OC1COC(=O)CCSCCC(=O)OCC1OC1CC. The molecule has 2 aliphatic heterocycles. The molecule has 2 saturated heterocycles. The van der Waals surface area contributed by atoms with Crippen LogP contribution in [0.1, 0.15) is 39.5 Å². The molecule has 7 heteroatoms. The monoisotopic (exact) mass is 346 g/mol. The Hall–Kier alpha value is -0.790. The first-order valence-electron chi connectivity index (χ1n) is 8.33. The molecule has 0 bridgehead atoms. The molecular formula is C16H26O6S. The molecule has 2 rings (SSSR count). The first-order chi connectivity index (χ1) is 11.1. The summed E-state index contributed by atoms with van der Waals surface area (Å²) >= 11 is 1.56. The van der Waals surface area contributed by atoms with Gasteiger partial charge in [-0.25, -0.2) is 0 Å². The largest absolute Gasteiger partial charge is 0.463 e. The van der Waals surface area contributed by atoms with Gasteiger partial charge in [-0.15, -0.1) is 0 Å². The maximum Gasteiger partial charge on any atom is 0.306 e. The molecule has 132 valence electrons. The Balaban J connectivity index is 1.37. The van der Waals surface area contributed by atoms with Gasteiger partial charge in [-0.2, -0.15) is 11.8 Å². The molecule has 23 heavy (non-hydrogen) atoms. The van der Waals surface area contributed by atoms with Gasteiger partial charge in [0.15, 0.2) is 0 Å². The average Bonchev–Trinajstić information content (AvgIpc) is 3.45. The van der Waals surface area contributed by atoms with E-state index in [-0.39, 0.29) is 36.4 Å². The van der Waals surface area contributed by atoms with Crippen molar-refractivity contribution in [2.24, 2.45) is 0 Å². The van der Waals surface area contributed by atoms with E-state index in [4.69, 9.17) is 18.9 Å². The number of thioether (sulfide) groups is 1. The van der Waals surface area contributed by atoms with Gasteiger partial charge in [-0.1, -0.05) is 13.8 Å². The third-order valence-corrected chi connectivity index (χ3v) is 4.88. The summed E-state index contributed by atoms with van der Waals surface area (Å²) in [5, 5.41) is 0. The van der Waals surface area contributed by atoms with Crippen molar-refractivity contribution in [2.75, 3.05) is 24.7 Å². The number of carbonyl (C=O) groups is 2. The minimum absolute atomic E-state index is 0.0918. The number of hydrogen-bond acceptors (Lipinski definition) is 7. The summed E-state index contributed by atoms with van der Waals surface area (Å²) in [4.78, 5) is 23.0. The molecule has 0 spiro atoms. The predicted molar refractivity (Wildman–Crippen MR) is 86.4 cm³/mol. The summed E-state index contributed by atoms with van der Waals surface area (Å²) in [6, 6.07) is 0. The fourth-order valence-corrected chi connectivity index (χ4v) is 3.10. The van der Waals surface area contributed by atoms with Gasteiger partial charge < -0.3 is 18.9 Å². The Morgan fingerprint density at radius 1 is 0.826 bits per heavy atom. The third kappa shape index (κ3) is 7.10. The van der Waals surface area contributed by atoms with Crippen LogP contribution in [-0.2, 0) is 28.5 Å². The third-order valence-electron chi connectivity index (χ3n) is 3.90. The zero-order valence-electron chi connectivity index (χ0n) is 13.8. The molecule has 0 amide bonds. The molecule has 2 fully saturated rings. The Morgan fingerprint density at radius 2 is 1.26 bits per heavy atom. The Bertz CT molecular complexity index is 366. The zero-order chi connectivity index (χ0) is 16.7. The van der Waals surface area contributed by atoms with Crippen LogP contribution in [0.4, 0.5) is 0 Å². The standard InChI is InChI=1S/C16H26O6S/c1-3-11-13(21-11)9-19-15(17)5-7-23-8-6-16(18)20-10-14-12(4-2)22-14/h11-14H,3-10H2,1-2H3. The molecular weight excluding hydrogens is 320 g/mol. The number of hydrogen-bond donors (Lipinski definition) is 0. The Morgan fingerprint density at radius 3 is 1.61 bits per heavy atom. The summed E-state index contributed by atoms with van der Waals surface area (Å²) in [5.74, 6) is 0.889. The summed E-state index contributed by atoms with van der Waals surface area (Å²) in [5.41, 5.74) is 0. The number of esters is 2. The quantitative estimate of drug-likeness (QED) is 0.303. The van der Waals surface area contributed by atoms with Crippen molar-refractivity contribution in [1.29, 1.82) is 0 Å². The average molecular weight is 346 g/mol. The van der Waals surface area contributed by atoms with E-state index >= 15 is 0 Å². The molecule has 0 saturated carbocycles. The van der Waals surface area contributed by atoms with Gasteiger partial charge in [0.05, 0.1) is 25.0 Å². The first-order valence-corrected chi connectivity index (χ1v) is 9.49. The highest BCUT2D eigenvalue weighted by molar-refractivity contribution is 7.99. The van der Waals surface area contributed by atoms with E-state index in [1.165, 1.54) is 0 Å². The van der Waals surface area contributed by atoms with E-state index in [9.17, 15) is 9.59 Å². The van der Waals surface area contributed by atoms with Crippen molar-refractivity contribution in [1.82, 2.24) is 0 Å². The van der Waals surface area contributed by atoms with Crippen LogP contribution in [0.15, 0.2) is 0 Å². The summed E-state index contributed by atoms with van der Waals surface area (Å²) in [6.07, 6.45) is 3.34. The minimum Gasteiger partial charge on any atom is -0.463 e. The predicted octanol–water partition coefficient (Wildman–Crippen LogP) is 1.94.